The molecule has 1 aromatic heterocycles. The van der Waals surface area contributed by atoms with E-state index in [0.717, 1.165) is 17.5 Å². The van der Waals surface area contributed by atoms with Gasteiger partial charge in [-0.3, -0.25) is 9.59 Å². The summed E-state index contributed by atoms with van der Waals surface area (Å²) in [7, 11) is 0. The summed E-state index contributed by atoms with van der Waals surface area (Å²) in [6, 6.07) is 10.4. The van der Waals surface area contributed by atoms with Crippen LogP contribution < -0.4 is 10.7 Å². The van der Waals surface area contributed by atoms with E-state index >= 15 is 0 Å². The third kappa shape index (κ3) is 4.43. The molecule has 0 atom stereocenters. The second-order valence-corrected chi connectivity index (χ2v) is 8.06. The third-order valence-corrected chi connectivity index (χ3v) is 5.60. The minimum atomic E-state index is -0.443. The number of nitrogens with one attached hydrogen (secondary N) is 2. The van der Waals surface area contributed by atoms with E-state index < -0.39 is 11.7 Å². The molecule has 1 aliphatic carbocycles. The van der Waals surface area contributed by atoms with E-state index in [2.05, 4.69) is 15.8 Å². The lowest BCUT2D eigenvalue weighted by atomic mass is 9.93. The van der Waals surface area contributed by atoms with Gasteiger partial charge in [0, 0.05) is 33.8 Å². The number of hydrogen-bond donors (Lipinski definition) is 2. The Kier molecular flexibility index (Phi) is 6.10. The summed E-state index contributed by atoms with van der Waals surface area (Å²) in [5.74, 6) is -0.345. The molecule has 0 radical (unpaired) electrons. The molecule has 0 fully saturated rings. The van der Waals surface area contributed by atoms with E-state index in [1.807, 2.05) is 6.92 Å². The van der Waals surface area contributed by atoms with Crippen molar-refractivity contribution in [2.45, 2.75) is 33.1 Å². The first kappa shape index (κ1) is 21.8. The van der Waals surface area contributed by atoms with Crippen LogP contribution in [0, 0.1) is 19.7 Å². The summed E-state index contributed by atoms with van der Waals surface area (Å²) in [6.45, 7) is 3.66. The molecule has 1 aliphatic rings. The minimum absolute atomic E-state index is 0.212. The number of hydrazone groups is 1. The number of carbonyl (C=O) groups is 2. The molecule has 2 amide bonds. The van der Waals surface area contributed by atoms with Crippen molar-refractivity contribution in [1.29, 1.82) is 0 Å². The lowest BCUT2D eigenvalue weighted by Gasteiger charge is -2.13. The van der Waals surface area contributed by atoms with Crippen molar-refractivity contribution in [3.63, 3.8) is 0 Å². The molecule has 0 saturated carbocycles. The smallest absolute Gasteiger partial charge is 0.291 e. The van der Waals surface area contributed by atoms with Gasteiger partial charge in [0.05, 0.1) is 5.71 Å². The number of nitrogens with zero attached hydrogens (tertiary/aromatic N) is 1. The molecular formula is C24H21ClFN3O3. The van der Waals surface area contributed by atoms with Crippen molar-refractivity contribution in [2.24, 2.45) is 5.10 Å². The number of hydrogen-bond acceptors (Lipinski definition) is 4. The number of carbonyl (C=O) groups excluding carboxylic acids is 2. The van der Waals surface area contributed by atoms with E-state index in [9.17, 15) is 14.0 Å². The molecule has 3 aromatic rings. The van der Waals surface area contributed by atoms with Crippen molar-refractivity contribution in [2.75, 3.05) is 5.32 Å². The van der Waals surface area contributed by atoms with Crippen LogP contribution in [0.2, 0.25) is 5.02 Å². The van der Waals surface area contributed by atoms with Crippen molar-refractivity contribution >= 4 is 34.8 Å². The molecule has 0 bridgehead atoms. The molecule has 0 aliphatic heterocycles. The van der Waals surface area contributed by atoms with Gasteiger partial charge in [-0.25, -0.2) is 9.82 Å². The standard InChI is InChI=1S/C24H21ClFN3O3/c1-13-12-16(25)8-11-18(13)27-24(31)22-14(2)21-19(4-3-5-20(21)32-22)28-29-23(30)15-6-9-17(26)10-7-15/h6-12H,3-5H2,1-2H3,(H,27,31)(H,29,30)/b28-19+. The highest BCUT2D eigenvalue weighted by molar-refractivity contribution is 6.30. The molecule has 0 saturated heterocycles. The summed E-state index contributed by atoms with van der Waals surface area (Å²) < 4.78 is 19.0. The van der Waals surface area contributed by atoms with Gasteiger partial charge in [0.25, 0.3) is 11.8 Å². The maximum atomic E-state index is 13.1. The van der Waals surface area contributed by atoms with Crippen LogP contribution in [0.3, 0.4) is 0 Å². The zero-order valence-electron chi connectivity index (χ0n) is 17.6. The Morgan fingerprint density at radius 1 is 1.06 bits per heavy atom. The summed E-state index contributed by atoms with van der Waals surface area (Å²) in [4.78, 5) is 25.2. The lowest BCUT2D eigenvalue weighted by molar-refractivity contribution is 0.0953. The zero-order valence-corrected chi connectivity index (χ0v) is 18.3. The lowest BCUT2D eigenvalue weighted by Crippen LogP contribution is -2.22. The Hall–Kier alpha value is -3.45. The second kappa shape index (κ2) is 8.96. The fourth-order valence-electron chi connectivity index (χ4n) is 3.73. The predicted octanol–water partition coefficient (Wildman–Crippen LogP) is 5.41. The highest BCUT2D eigenvalue weighted by Crippen LogP contribution is 2.31. The monoisotopic (exact) mass is 453 g/mol. The number of halogens is 2. The summed E-state index contributed by atoms with van der Waals surface area (Å²) >= 11 is 5.99. The summed E-state index contributed by atoms with van der Waals surface area (Å²) in [5, 5.41) is 7.74. The van der Waals surface area contributed by atoms with Gasteiger partial charge < -0.3 is 9.73 Å². The number of amides is 2. The van der Waals surface area contributed by atoms with Crippen LogP contribution in [0.4, 0.5) is 10.1 Å². The Morgan fingerprint density at radius 2 is 1.81 bits per heavy atom. The minimum Gasteiger partial charge on any atom is -0.455 e. The van der Waals surface area contributed by atoms with Gasteiger partial charge in [0.1, 0.15) is 11.6 Å². The zero-order chi connectivity index (χ0) is 22.8. The molecule has 0 unspecified atom stereocenters. The first-order valence-electron chi connectivity index (χ1n) is 10.2. The Bertz CT molecular complexity index is 1230. The SMILES string of the molecule is Cc1cc(Cl)ccc1NC(=O)c1oc2c(c1C)/C(=N/NC(=O)c1ccc(F)cc1)CCC2. The molecule has 2 aromatic carbocycles. The van der Waals surface area contributed by atoms with Crippen molar-refractivity contribution in [1.82, 2.24) is 5.43 Å². The van der Waals surface area contributed by atoms with Crippen LogP contribution in [0.5, 0.6) is 0 Å². The Labute approximate surface area is 189 Å². The molecule has 4 rings (SSSR count). The van der Waals surface area contributed by atoms with Gasteiger partial charge in [0.2, 0.25) is 0 Å². The average Bonchev–Trinajstić information content (AvgIpc) is 3.12. The van der Waals surface area contributed by atoms with Crippen molar-refractivity contribution < 1.29 is 18.4 Å². The van der Waals surface area contributed by atoms with Gasteiger partial charge in [-0.1, -0.05) is 11.6 Å². The highest BCUT2D eigenvalue weighted by Gasteiger charge is 2.28. The van der Waals surface area contributed by atoms with E-state index in [4.69, 9.17) is 16.0 Å². The molecule has 32 heavy (non-hydrogen) atoms. The van der Waals surface area contributed by atoms with Crippen molar-refractivity contribution in [3.05, 3.63) is 87.1 Å². The Morgan fingerprint density at radius 3 is 2.53 bits per heavy atom. The molecular weight excluding hydrogens is 433 g/mol. The topological polar surface area (TPSA) is 83.7 Å². The molecule has 1 heterocycles. The quantitative estimate of drug-likeness (QED) is 0.518. The van der Waals surface area contributed by atoms with Gasteiger partial charge in [0.15, 0.2) is 5.76 Å². The summed E-state index contributed by atoms with van der Waals surface area (Å²) in [6.07, 6.45) is 2.09. The number of aryl methyl sites for hydroxylation is 2. The predicted molar refractivity (Wildman–Crippen MR) is 121 cm³/mol. The van der Waals surface area contributed by atoms with E-state index in [-0.39, 0.29) is 11.7 Å². The highest BCUT2D eigenvalue weighted by atomic mass is 35.5. The van der Waals surface area contributed by atoms with E-state index in [1.54, 1.807) is 25.1 Å². The van der Waals surface area contributed by atoms with Gasteiger partial charge in [-0.05, 0) is 74.7 Å². The van der Waals surface area contributed by atoms with Crippen LogP contribution in [0.15, 0.2) is 52.0 Å². The van der Waals surface area contributed by atoms with Crippen LogP contribution >= 0.6 is 11.6 Å². The maximum Gasteiger partial charge on any atom is 0.291 e. The Balaban J connectivity index is 1.57. The van der Waals surface area contributed by atoms with Gasteiger partial charge in [-0.2, -0.15) is 5.10 Å². The van der Waals surface area contributed by atoms with Crippen LogP contribution in [0.1, 0.15) is 56.2 Å². The fourth-order valence-corrected chi connectivity index (χ4v) is 3.95. The average molecular weight is 454 g/mol. The number of furan rings is 1. The van der Waals surface area contributed by atoms with Gasteiger partial charge >= 0.3 is 0 Å². The largest absolute Gasteiger partial charge is 0.455 e. The van der Waals surface area contributed by atoms with E-state index in [0.29, 0.717) is 46.2 Å². The summed E-state index contributed by atoms with van der Waals surface area (Å²) in [5.41, 5.74) is 6.36. The first-order valence-corrected chi connectivity index (χ1v) is 10.5. The molecule has 6 nitrogen and oxygen atoms in total. The first-order chi connectivity index (χ1) is 15.3. The normalized spacial score (nSPS) is 14.2. The number of rotatable bonds is 4. The van der Waals surface area contributed by atoms with E-state index in [1.165, 1.54) is 24.3 Å². The third-order valence-electron chi connectivity index (χ3n) is 5.37. The number of fused-ring (bicyclic) bond motifs is 1. The maximum absolute atomic E-state index is 13.1. The number of anilines is 1. The molecule has 164 valence electrons. The fraction of sp³-hybridized carbons (Fsp3) is 0.208. The van der Waals surface area contributed by atoms with Crippen molar-refractivity contribution in [3.8, 4) is 0 Å². The van der Waals surface area contributed by atoms with Crippen LogP contribution in [-0.4, -0.2) is 17.5 Å². The second-order valence-electron chi connectivity index (χ2n) is 7.63. The molecule has 2 N–H and O–H groups in total. The van der Waals surface area contributed by atoms with Gasteiger partial charge in [-0.15, -0.1) is 0 Å². The molecule has 0 spiro atoms. The van der Waals surface area contributed by atoms with Crippen LogP contribution in [0.25, 0.3) is 0 Å². The van der Waals surface area contributed by atoms with Crippen LogP contribution in [-0.2, 0) is 6.42 Å². The number of benzene rings is 2. The molecule has 8 heteroatoms.